The molecule has 0 amide bonds. The fourth-order valence-corrected chi connectivity index (χ4v) is 4.85. The number of rotatable bonds is 8. The van der Waals surface area contributed by atoms with Crippen LogP contribution in [-0.4, -0.2) is 41.4 Å². The molecule has 1 aliphatic rings. The molecule has 4 aromatic rings. The molecular formula is C26H32N8. The van der Waals surface area contributed by atoms with Crippen LogP contribution in [-0.2, 0) is 19.4 Å². The van der Waals surface area contributed by atoms with Crippen LogP contribution in [0.2, 0.25) is 0 Å². The van der Waals surface area contributed by atoms with Crippen molar-refractivity contribution < 1.29 is 0 Å². The van der Waals surface area contributed by atoms with E-state index >= 15 is 0 Å². The number of aromatic amines is 1. The maximum atomic E-state index is 6.11. The summed E-state index contributed by atoms with van der Waals surface area (Å²) in [6.07, 6.45) is 7.56. The lowest BCUT2D eigenvalue weighted by molar-refractivity contribution is 0.317. The molecule has 0 radical (unpaired) electrons. The van der Waals surface area contributed by atoms with Gasteiger partial charge in [-0.3, -0.25) is 0 Å². The quantitative estimate of drug-likeness (QED) is 0.411. The summed E-state index contributed by atoms with van der Waals surface area (Å²) < 4.78 is 2.11. The van der Waals surface area contributed by atoms with Gasteiger partial charge in [0.05, 0.1) is 6.54 Å². The van der Waals surface area contributed by atoms with Gasteiger partial charge in [-0.05, 0) is 59.9 Å². The number of H-pyrrole nitrogens is 1. The van der Waals surface area contributed by atoms with E-state index in [4.69, 9.17) is 15.8 Å². The van der Waals surface area contributed by atoms with Gasteiger partial charge in [-0.25, -0.2) is 9.67 Å². The van der Waals surface area contributed by atoms with Crippen LogP contribution in [0.3, 0.4) is 0 Å². The van der Waals surface area contributed by atoms with E-state index in [1.165, 1.54) is 18.4 Å². The van der Waals surface area contributed by atoms with Crippen LogP contribution >= 0.6 is 0 Å². The Morgan fingerprint density at radius 2 is 1.76 bits per heavy atom. The van der Waals surface area contributed by atoms with Crippen molar-refractivity contribution in [2.45, 2.75) is 64.5 Å². The summed E-state index contributed by atoms with van der Waals surface area (Å²) in [5, 5.41) is 19.4. The number of nitrogens with one attached hydrogen (secondary N) is 1. The Labute approximate surface area is 200 Å². The Balaban J connectivity index is 1.35. The van der Waals surface area contributed by atoms with E-state index in [1.807, 2.05) is 18.2 Å². The first-order valence-corrected chi connectivity index (χ1v) is 12.3. The van der Waals surface area contributed by atoms with Crippen LogP contribution in [0.25, 0.3) is 22.5 Å². The van der Waals surface area contributed by atoms with Crippen LogP contribution < -0.4 is 5.73 Å². The molecule has 1 fully saturated rings. The topological polar surface area (TPSA) is 111 Å². The highest BCUT2D eigenvalue weighted by molar-refractivity contribution is 5.80. The van der Waals surface area contributed by atoms with Crippen molar-refractivity contribution >= 4 is 0 Å². The van der Waals surface area contributed by atoms with Crippen molar-refractivity contribution in [2.75, 3.05) is 0 Å². The lowest BCUT2D eigenvalue weighted by Gasteiger charge is -2.25. The van der Waals surface area contributed by atoms with E-state index in [0.29, 0.717) is 17.8 Å². The molecule has 5 rings (SSSR count). The zero-order chi connectivity index (χ0) is 23.3. The van der Waals surface area contributed by atoms with Gasteiger partial charge in [0.25, 0.3) is 0 Å². The van der Waals surface area contributed by atoms with Crippen LogP contribution in [0.1, 0.15) is 56.2 Å². The molecule has 0 atom stereocenters. The molecule has 0 saturated heterocycles. The average molecular weight is 457 g/mol. The van der Waals surface area contributed by atoms with E-state index in [2.05, 4.69) is 62.6 Å². The molecule has 2 aromatic heterocycles. The van der Waals surface area contributed by atoms with Crippen LogP contribution in [0, 0.1) is 5.92 Å². The number of nitrogens with zero attached hydrogens (tertiary/aromatic N) is 6. The van der Waals surface area contributed by atoms with Gasteiger partial charge < -0.3 is 5.73 Å². The van der Waals surface area contributed by atoms with E-state index in [-0.39, 0.29) is 0 Å². The lowest BCUT2D eigenvalue weighted by atomic mass is 9.84. The largest absolute Gasteiger partial charge is 0.328 e. The molecule has 3 N–H and O–H groups in total. The first kappa shape index (κ1) is 22.4. The summed E-state index contributed by atoms with van der Waals surface area (Å²) in [6, 6.07) is 17.1. The van der Waals surface area contributed by atoms with E-state index in [0.717, 1.165) is 67.0 Å². The zero-order valence-corrected chi connectivity index (χ0v) is 19.7. The van der Waals surface area contributed by atoms with Crippen molar-refractivity contribution in [1.82, 2.24) is 35.4 Å². The van der Waals surface area contributed by atoms with Gasteiger partial charge in [-0.2, -0.15) is 10.3 Å². The van der Waals surface area contributed by atoms with Crippen LogP contribution in [0.5, 0.6) is 0 Å². The summed E-state index contributed by atoms with van der Waals surface area (Å²) >= 11 is 0. The minimum Gasteiger partial charge on any atom is -0.328 e. The normalized spacial score (nSPS) is 18.3. The third kappa shape index (κ3) is 5.07. The fourth-order valence-electron chi connectivity index (χ4n) is 4.85. The predicted octanol–water partition coefficient (Wildman–Crippen LogP) is 4.19. The predicted molar refractivity (Wildman–Crippen MR) is 132 cm³/mol. The molecule has 0 aliphatic heterocycles. The molecule has 8 heteroatoms. The second-order valence-corrected chi connectivity index (χ2v) is 9.31. The molecule has 2 aromatic carbocycles. The number of aryl methyl sites for hydroxylation is 1. The molecule has 0 spiro atoms. The minimum absolute atomic E-state index is 0.369. The third-order valence-electron chi connectivity index (χ3n) is 6.74. The second-order valence-electron chi connectivity index (χ2n) is 9.31. The Hall–Kier alpha value is -3.39. The van der Waals surface area contributed by atoms with Gasteiger partial charge in [-0.15, -0.1) is 10.2 Å². The number of tetrazole rings is 1. The summed E-state index contributed by atoms with van der Waals surface area (Å²) in [7, 11) is 0. The molecule has 8 nitrogen and oxygen atoms in total. The molecule has 176 valence electrons. The minimum atomic E-state index is 0.369. The number of hydrogen-bond acceptors (Lipinski definition) is 6. The Morgan fingerprint density at radius 3 is 2.47 bits per heavy atom. The van der Waals surface area contributed by atoms with Crippen molar-refractivity contribution in [1.29, 1.82) is 0 Å². The van der Waals surface area contributed by atoms with Crippen molar-refractivity contribution in [3.63, 3.8) is 0 Å². The van der Waals surface area contributed by atoms with Gasteiger partial charge in [0.2, 0.25) is 5.82 Å². The lowest BCUT2D eigenvalue weighted by Crippen LogP contribution is -2.27. The molecule has 2 heterocycles. The highest BCUT2D eigenvalue weighted by atomic mass is 15.5. The monoisotopic (exact) mass is 456 g/mol. The molecule has 0 bridgehead atoms. The fraction of sp³-hybridized carbons (Fsp3) is 0.423. The number of nitrogens with two attached hydrogens (primary N) is 1. The third-order valence-corrected chi connectivity index (χ3v) is 6.74. The summed E-state index contributed by atoms with van der Waals surface area (Å²) in [5.41, 5.74) is 10.5. The second kappa shape index (κ2) is 10.3. The number of aromatic nitrogens is 7. The maximum Gasteiger partial charge on any atom is 0.205 e. The van der Waals surface area contributed by atoms with Crippen molar-refractivity contribution in [3.05, 3.63) is 65.7 Å². The van der Waals surface area contributed by atoms with E-state index in [1.54, 1.807) is 0 Å². The van der Waals surface area contributed by atoms with Crippen LogP contribution in [0.4, 0.5) is 0 Å². The number of benzene rings is 2. The summed E-state index contributed by atoms with van der Waals surface area (Å²) in [4.78, 5) is 4.91. The van der Waals surface area contributed by atoms with Gasteiger partial charge in [0.15, 0.2) is 5.82 Å². The molecule has 0 unspecified atom stereocenters. The Morgan fingerprint density at radius 1 is 1.00 bits per heavy atom. The summed E-state index contributed by atoms with van der Waals surface area (Å²) in [5.74, 6) is 3.31. The van der Waals surface area contributed by atoms with E-state index in [9.17, 15) is 0 Å². The average Bonchev–Trinajstić information content (AvgIpc) is 3.52. The van der Waals surface area contributed by atoms with E-state index < -0.39 is 0 Å². The molecule has 34 heavy (non-hydrogen) atoms. The molecule has 1 saturated carbocycles. The van der Waals surface area contributed by atoms with Crippen molar-refractivity contribution in [3.8, 4) is 22.5 Å². The molecular weight excluding hydrogens is 424 g/mol. The van der Waals surface area contributed by atoms with Gasteiger partial charge >= 0.3 is 0 Å². The highest BCUT2D eigenvalue weighted by Crippen LogP contribution is 2.30. The zero-order valence-electron chi connectivity index (χ0n) is 19.7. The van der Waals surface area contributed by atoms with Gasteiger partial charge in [0.1, 0.15) is 5.82 Å². The maximum absolute atomic E-state index is 6.11. The van der Waals surface area contributed by atoms with Crippen molar-refractivity contribution in [2.24, 2.45) is 11.7 Å². The van der Waals surface area contributed by atoms with Gasteiger partial charge in [-0.1, -0.05) is 55.5 Å². The highest BCUT2D eigenvalue weighted by Gasteiger charge is 2.22. The number of hydrogen-bond donors (Lipinski definition) is 2. The SMILES string of the molecule is CCCc1nc(CC2CCC(N)CC2)n(Cc2ccc(-c3ccccc3-c3nn[nH]n3)cc2)n1. The summed E-state index contributed by atoms with van der Waals surface area (Å²) in [6.45, 7) is 2.90. The smallest absolute Gasteiger partial charge is 0.205 e. The van der Waals surface area contributed by atoms with Gasteiger partial charge in [0, 0.05) is 24.4 Å². The Bertz CT molecular complexity index is 1190. The Kier molecular flexibility index (Phi) is 6.76. The van der Waals surface area contributed by atoms with Crippen LogP contribution in [0.15, 0.2) is 48.5 Å². The standard InChI is InChI=1S/C26H32N8/c1-2-5-24-28-25(16-18-10-14-21(27)15-11-18)34(31-24)17-19-8-12-20(13-9-19)22-6-3-4-7-23(22)26-29-32-33-30-26/h3-4,6-9,12-13,18,21H,2,5,10-11,14-17,27H2,1H3,(H,29,30,32,33). The first-order valence-electron chi connectivity index (χ1n) is 12.3. The molecule has 1 aliphatic carbocycles. The first-order chi connectivity index (χ1) is 16.7.